The number of rotatable bonds is 4. The predicted octanol–water partition coefficient (Wildman–Crippen LogP) is 1.82. The number of fused-ring (bicyclic) bond motifs is 1. The Morgan fingerprint density at radius 3 is 3.00 bits per heavy atom. The number of aryl methyl sites for hydroxylation is 2. The van der Waals surface area contributed by atoms with Crippen molar-refractivity contribution in [1.29, 1.82) is 5.26 Å². The summed E-state index contributed by atoms with van der Waals surface area (Å²) in [6.07, 6.45) is 4.41. The van der Waals surface area contributed by atoms with Gasteiger partial charge in [-0.3, -0.25) is 0 Å². The molecule has 1 heterocycles. The lowest BCUT2D eigenvalue weighted by molar-refractivity contribution is 0.210. The molecule has 4 nitrogen and oxygen atoms in total. The molecule has 1 aliphatic carbocycles. The van der Waals surface area contributed by atoms with Gasteiger partial charge in [-0.25, -0.2) is 4.98 Å². The maximum absolute atomic E-state index is 9.18. The summed E-state index contributed by atoms with van der Waals surface area (Å²) < 4.78 is 5.75. The van der Waals surface area contributed by atoms with E-state index in [1.54, 1.807) is 0 Å². The quantitative estimate of drug-likeness (QED) is 0.879. The molecule has 0 fully saturated rings. The van der Waals surface area contributed by atoms with E-state index in [4.69, 9.17) is 4.74 Å². The van der Waals surface area contributed by atoms with E-state index in [2.05, 4.69) is 16.4 Å². The van der Waals surface area contributed by atoms with Gasteiger partial charge in [-0.2, -0.15) is 5.26 Å². The molecule has 2 rings (SSSR count). The Bertz CT molecular complexity index is 465. The van der Waals surface area contributed by atoms with Crippen LogP contribution in [0.1, 0.15) is 36.6 Å². The smallest absolute Gasteiger partial charge is 0.232 e. The van der Waals surface area contributed by atoms with Gasteiger partial charge in [-0.05, 0) is 51.3 Å². The molecule has 0 aromatic carbocycles. The molecule has 4 heteroatoms. The number of nitriles is 1. The van der Waals surface area contributed by atoms with E-state index in [1.165, 1.54) is 18.4 Å². The fraction of sp³-hybridized carbons (Fsp3) is 0.571. The number of aromatic nitrogens is 1. The average molecular weight is 245 g/mol. The Balaban J connectivity index is 2.26. The molecule has 0 bridgehead atoms. The monoisotopic (exact) mass is 245 g/mol. The maximum atomic E-state index is 9.18. The summed E-state index contributed by atoms with van der Waals surface area (Å²) in [5.41, 5.74) is 2.87. The molecule has 0 aliphatic heterocycles. The molecular weight excluding hydrogens is 226 g/mol. The topological polar surface area (TPSA) is 57.9 Å². The van der Waals surface area contributed by atoms with Crippen LogP contribution in [-0.2, 0) is 12.8 Å². The normalized spacial score (nSPS) is 15.6. The number of nitrogens with one attached hydrogen (secondary N) is 1. The molecule has 0 amide bonds. The SMILES string of the molecule is CNCC(C)Oc1nc2c(cc1C#N)CCCC2. The van der Waals surface area contributed by atoms with Crippen LogP contribution >= 0.6 is 0 Å². The molecule has 18 heavy (non-hydrogen) atoms. The standard InChI is InChI=1S/C14H19N3O/c1-10(9-16-2)18-14-12(8-15)7-11-5-3-4-6-13(11)17-14/h7,10,16H,3-6,9H2,1-2H3. The highest BCUT2D eigenvalue weighted by Crippen LogP contribution is 2.26. The minimum absolute atomic E-state index is 0.0104. The first kappa shape index (κ1) is 12.8. The molecule has 0 spiro atoms. The van der Waals surface area contributed by atoms with Gasteiger partial charge >= 0.3 is 0 Å². The molecule has 0 saturated heterocycles. The Kier molecular flexibility index (Phi) is 4.16. The van der Waals surface area contributed by atoms with E-state index < -0.39 is 0 Å². The van der Waals surface area contributed by atoms with Gasteiger partial charge in [0, 0.05) is 12.2 Å². The summed E-state index contributed by atoms with van der Waals surface area (Å²) in [4.78, 5) is 4.53. The third-order valence-electron chi connectivity index (χ3n) is 3.19. The molecule has 1 aromatic heterocycles. The van der Waals surface area contributed by atoms with Gasteiger partial charge in [0.15, 0.2) is 0 Å². The predicted molar refractivity (Wildman–Crippen MR) is 69.6 cm³/mol. The first-order valence-corrected chi connectivity index (χ1v) is 6.48. The second-order valence-corrected chi connectivity index (χ2v) is 4.75. The molecule has 96 valence electrons. The summed E-state index contributed by atoms with van der Waals surface area (Å²) >= 11 is 0. The van der Waals surface area contributed by atoms with Crippen molar-refractivity contribution in [3.8, 4) is 11.9 Å². The number of hydrogen-bond donors (Lipinski definition) is 1. The van der Waals surface area contributed by atoms with Crippen LogP contribution in [0.2, 0.25) is 0 Å². The van der Waals surface area contributed by atoms with Crippen LogP contribution in [-0.4, -0.2) is 24.7 Å². The Hall–Kier alpha value is -1.60. The highest BCUT2D eigenvalue weighted by atomic mass is 16.5. The largest absolute Gasteiger partial charge is 0.472 e. The lowest BCUT2D eigenvalue weighted by Gasteiger charge is -2.19. The molecular formula is C14H19N3O. The van der Waals surface area contributed by atoms with Gasteiger partial charge in [0.2, 0.25) is 5.88 Å². The lowest BCUT2D eigenvalue weighted by Crippen LogP contribution is -2.27. The number of ether oxygens (including phenoxy) is 1. The van der Waals surface area contributed by atoms with E-state index in [1.807, 2.05) is 20.0 Å². The number of likely N-dealkylation sites (N-methyl/N-ethyl adjacent to an activating group) is 1. The summed E-state index contributed by atoms with van der Waals surface area (Å²) in [5.74, 6) is 0.487. The Labute approximate surface area is 108 Å². The van der Waals surface area contributed by atoms with E-state index in [-0.39, 0.29) is 6.10 Å². The van der Waals surface area contributed by atoms with Crippen molar-refractivity contribution >= 4 is 0 Å². The molecule has 1 unspecified atom stereocenters. The van der Waals surface area contributed by atoms with Gasteiger partial charge in [-0.1, -0.05) is 0 Å². The first-order chi connectivity index (χ1) is 8.74. The highest BCUT2D eigenvalue weighted by molar-refractivity contribution is 5.43. The second-order valence-electron chi connectivity index (χ2n) is 4.75. The Morgan fingerprint density at radius 2 is 2.28 bits per heavy atom. The molecule has 1 atom stereocenters. The van der Waals surface area contributed by atoms with Crippen molar-refractivity contribution in [3.63, 3.8) is 0 Å². The van der Waals surface area contributed by atoms with E-state index in [0.717, 1.165) is 25.1 Å². The third kappa shape index (κ3) is 2.80. The van der Waals surface area contributed by atoms with Crippen LogP contribution in [0.4, 0.5) is 0 Å². The fourth-order valence-corrected chi connectivity index (χ4v) is 2.30. The molecule has 0 saturated carbocycles. The van der Waals surface area contributed by atoms with Crippen LogP contribution in [0.3, 0.4) is 0 Å². The van der Waals surface area contributed by atoms with Crippen molar-refractivity contribution in [2.75, 3.05) is 13.6 Å². The number of pyridine rings is 1. The van der Waals surface area contributed by atoms with E-state index in [0.29, 0.717) is 11.4 Å². The lowest BCUT2D eigenvalue weighted by atomic mass is 9.95. The van der Waals surface area contributed by atoms with Crippen molar-refractivity contribution in [1.82, 2.24) is 10.3 Å². The summed E-state index contributed by atoms with van der Waals surface area (Å²) in [7, 11) is 1.88. The van der Waals surface area contributed by atoms with Gasteiger partial charge < -0.3 is 10.1 Å². The summed E-state index contributed by atoms with van der Waals surface area (Å²) in [5, 5.41) is 12.2. The van der Waals surface area contributed by atoms with Crippen LogP contribution < -0.4 is 10.1 Å². The van der Waals surface area contributed by atoms with Crippen LogP contribution in [0, 0.1) is 11.3 Å². The second kappa shape index (κ2) is 5.83. The first-order valence-electron chi connectivity index (χ1n) is 6.48. The maximum Gasteiger partial charge on any atom is 0.232 e. The van der Waals surface area contributed by atoms with Gasteiger partial charge in [-0.15, -0.1) is 0 Å². The van der Waals surface area contributed by atoms with E-state index >= 15 is 0 Å². The van der Waals surface area contributed by atoms with Gasteiger partial charge in [0.25, 0.3) is 0 Å². The van der Waals surface area contributed by atoms with Crippen LogP contribution in [0.5, 0.6) is 5.88 Å². The molecule has 1 aromatic rings. The van der Waals surface area contributed by atoms with Crippen molar-refractivity contribution in [3.05, 3.63) is 22.9 Å². The average Bonchev–Trinajstić information content (AvgIpc) is 2.38. The van der Waals surface area contributed by atoms with Crippen molar-refractivity contribution < 1.29 is 4.74 Å². The number of nitrogens with zero attached hydrogens (tertiary/aromatic N) is 2. The van der Waals surface area contributed by atoms with Crippen molar-refractivity contribution in [2.24, 2.45) is 0 Å². The van der Waals surface area contributed by atoms with Crippen molar-refractivity contribution in [2.45, 2.75) is 38.7 Å². The zero-order valence-corrected chi connectivity index (χ0v) is 11.0. The van der Waals surface area contributed by atoms with Crippen LogP contribution in [0.25, 0.3) is 0 Å². The minimum Gasteiger partial charge on any atom is -0.472 e. The van der Waals surface area contributed by atoms with E-state index in [9.17, 15) is 5.26 Å². The van der Waals surface area contributed by atoms with Gasteiger partial charge in [0.1, 0.15) is 17.7 Å². The minimum atomic E-state index is 0.0104. The van der Waals surface area contributed by atoms with Crippen LogP contribution in [0.15, 0.2) is 6.07 Å². The summed E-state index contributed by atoms with van der Waals surface area (Å²) in [6, 6.07) is 4.13. The molecule has 0 radical (unpaired) electrons. The zero-order chi connectivity index (χ0) is 13.0. The zero-order valence-electron chi connectivity index (χ0n) is 11.0. The highest BCUT2D eigenvalue weighted by Gasteiger charge is 2.17. The fourth-order valence-electron chi connectivity index (χ4n) is 2.30. The number of hydrogen-bond acceptors (Lipinski definition) is 4. The Morgan fingerprint density at radius 1 is 1.50 bits per heavy atom. The molecule has 1 aliphatic rings. The molecule has 1 N–H and O–H groups in total. The summed E-state index contributed by atoms with van der Waals surface area (Å²) in [6.45, 7) is 2.71. The third-order valence-corrected chi connectivity index (χ3v) is 3.19. The van der Waals surface area contributed by atoms with Gasteiger partial charge in [0.05, 0.1) is 0 Å².